The van der Waals surface area contributed by atoms with Crippen molar-refractivity contribution in [2.24, 2.45) is 0 Å². The van der Waals surface area contributed by atoms with Crippen molar-refractivity contribution in [1.29, 1.82) is 0 Å². The molecule has 2 aromatic carbocycles. The van der Waals surface area contributed by atoms with Gasteiger partial charge in [0.05, 0.1) is 23.9 Å². The van der Waals surface area contributed by atoms with Gasteiger partial charge in [0.25, 0.3) is 5.91 Å². The van der Waals surface area contributed by atoms with Crippen LogP contribution in [0.4, 0.5) is 5.69 Å². The molecule has 1 aliphatic rings. The van der Waals surface area contributed by atoms with Crippen molar-refractivity contribution < 1.29 is 19.1 Å². The Morgan fingerprint density at radius 2 is 1.96 bits per heavy atom. The van der Waals surface area contributed by atoms with E-state index < -0.39 is 5.60 Å². The van der Waals surface area contributed by atoms with Crippen LogP contribution in [0.5, 0.6) is 5.75 Å². The van der Waals surface area contributed by atoms with Gasteiger partial charge in [-0.3, -0.25) is 4.79 Å². The number of esters is 1. The molecule has 1 amide bonds. The van der Waals surface area contributed by atoms with Crippen LogP contribution in [0.1, 0.15) is 43.6 Å². The molecule has 1 aliphatic heterocycles. The number of rotatable bonds is 4. The van der Waals surface area contributed by atoms with E-state index in [1.165, 1.54) is 0 Å². The van der Waals surface area contributed by atoms with E-state index in [0.717, 1.165) is 5.56 Å². The largest absolute Gasteiger partial charge is 0.476 e. The third-order valence-electron chi connectivity index (χ3n) is 4.18. The van der Waals surface area contributed by atoms with Crippen molar-refractivity contribution in [2.75, 3.05) is 4.90 Å². The zero-order valence-corrected chi connectivity index (χ0v) is 16.5. The molecule has 142 valence electrons. The van der Waals surface area contributed by atoms with Gasteiger partial charge in [0.1, 0.15) is 5.75 Å². The van der Waals surface area contributed by atoms with Crippen molar-refractivity contribution in [1.82, 2.24) is 0 Å². The summed E-state index contributed by atoms with van der Waals surface area (Å²) in [6.07, 6.45) is -0.197. The van der Waals surface area contributed by atoms with Gasteiger partial charge in [-0.05, 0) is 63.6 Å². The van der Waals surface area contributed by atoms with E-state index in [-0.39, 0.29) is 18.0 Å². The lowest BCUT2D eigenvalue weighted by atomic mass is 10.0. The van der Waals surface area contributed by atoms with E-state index in [0.29, 0.717) is 28.6 Å². The molecule has 0 fully saturated rings. The smallest absolute Gasteiger partial charge is 0.338 e. The van der Waals surface area contributed by atoms with Crippen molar-refractivity contribution >= 4 is 29.2 Å². The maximum Gasteiger partial charge on any atom is 0.338 e. The molecule has 5 nitrogen and oxygen atoms in total. The highest BCUT2D eigenvalue weighted by atomic mass is 35.5. The minimum absolute atomic E-state index is 0.174. The SMILES string of the molecule is CC(C)OC(=O)c1cccc(CN2C(=O)C(C)(C)Oc3ccc(Cl)cc32)c1. The van der Waals surface area contributed by atoms with Crippen molar-refractivity contribution in [3.05, 3.63) is 58.6 Å². The number of nitrogens with zero attached hydrogens (tertiary/aromatic N) is 1. The highest BCUT2D eigenvalue weighted by Crippen LogP contribution is 2.40. The van der Waals surface area contributed by atoms with Crippen LogP contribution in [0.15, 0.2) is 42.5 Å². The highest BCUT2D eigenvalue weighted by molar-refractivity contribution is 6.31. The lowest BCUT2D eigenvalue weighted by molar-refractivity contribution is -0.132. The average Bonchev–Trinajstić information content (AvgIpc) is 2.59. The lowest BCUT2D eigenvalue weighted by Crippen LogP contribution is -2.52. The summed E-state index contributed by atoms with van der Waals surface area (Å²) in [6, 6.07) is 12.3. The molecule has 3 rings (SSSR count). The van der Waals surface area contributed by atoms with Crippen LogP contribution in [0.2, 0.25) is 5.02 Å². The number of carbonyl (C=O) groups is 2. The van der Waals surface area contributed by atoms with E-state index in [2.05, 4.69) is 0 Å². The fourth-order valence-corrected chi connectivity index (χ4v) is 3.13. The summed E-state index contributed by atoms with van der Waals surface area (Å²) in [5.74, 6) is 0.0377. The molecule has 6 heteroatoms. The molecular weight excluding hydrogens is 366 g/mol. The minimum Gasteiger partial charge on any atom is -0.476 e. The number of fused-ring (bicyclic) bond motifs is 1. The Labute approximate surface area is 163 Å². The second kappa shape index (κ2) is 7.24. The first-order valence-electron chi connectivity index (χ1n) is 8.78. The molecule has 2 aromatic rings. The first-order valence-corrected chi connectivity index (χ1v) is 9.15. The zero-order chi connectivity index (χ0) is 19.8. The van der Waals surface area contributed by atoms with Crippen LogP contribution < -0.4 is 9.64 Å². The van der Waals surface area contributed by atoms with Crippen LogP contribution in [-0.2, 0) is 16.1 Å². The maximum absolute atomic E-state index is 13.0. The van der Waals surface area contributed by atoms with Crippen molar-refractivity contribution in [2.45, 2.75) is 45.9 Å². The molecule has 0 saturated carbocycles. The summed E-state index contributed by atoms with van der Waals surface area (Å²) in [5, 5.41) is 0.518. The van der Waals surface area contributed by atoms with E-state index in [1.807, 2.05) is 6.07 Å². The second-order valence-electron chi connectivity index (χ2n) is 7.27. The zero-order valence-electron chi connectivity index (χ0n) is 15.8. The predicted octanol–water partition coefficient (Wildman–Crippen LogP) is 4.61. The molecule has 0 bridgehead atoms. The van der Waals surface area contributed by atoms with Crippen LogP contribution in [0, 0.1) is 0 Å². The Kier molecular flexibility index (Phi) is 5.16. The molecule has 27 heavy (non-hydrogen) atoms. The number of hydrogen-bond acceptors (Lipinski definition) is 4. The van der Waals surface area contributed by atoms with Crippen LogP contribution in [0.3, 0.4) is 0 Å². The third kappa shape index (κ3) is 4.08. The van der Waals surface area contributed by atoms with E-state index >= 15 is 0 Å². The number of amides is 1. The van der Waals surface area contributed by atoms with Crippen LogP contribution >= 0.6 is 11.6 Å². The Bertz CT molecular complexity index is 892. The monoisotopic (exact) mass is 387 g/mol. The molecule has 0 unspecified atom stereocenters. The fraction of sp³-hybridized carbons (Fsp3) is 0.333. The van der Waals surface area contributed by atoms with Gasteiger partial charge in [-0.2, -0.15) is 0 Å². The third-order valence-corrected chi connectivity index (χ3v) is 4.42. The number of halogens is 1. The van der Waals surface area contributed by atoms with Gasteiger partial charge in [0.15, 0.2) is 5.60 Å². The molecule has 1 heterocycles. The van der Waals surface area contributed by atoms with Crippen molar-refractivity contribution in [3.63, 3.8) is 0 Å². The molecule has 0 N–H and O–H groups in total. The quantitative estimate of drug-likeness (QED) is 0.719. The summed E-state index contributed by atoms with van der Waals surface area (Å²) < 4.78 is 11.1. The summed E-state index contributed by atoms with van der Waals surface area (Å²) in [6.45, 7) is 7.36. The van der Waals surface area contributed by atoms with Crippen LogP contribution in [0.25, 0.3) is 0 Å². The van der Waals surface area contributed by atoms with E-state index in [4.69, 9.17) is 21.1 Å². The van der Waals surface area contributed by atoms with Crippen molar-refractivity contribution in [3.8, 4) is 5.75 Å². The minimum atomic E-state index is -0.991. The number of benzene rings is 2. The number of carbonyl (C=O) groups excluding carboxylic acids is 2. The van der Waals surface area contributed by atoms with E-state index in [1.54, 1.807) is 69.0 Å². The summed E-state index contributed by atoms with van der Waals surface area (Å²) in [4.78, 5) is 26.8. The lowest BCUT2D eigenvalue weighted by Gasteiger charge is -2.39. The van der Waals surface area contributed by atoms with Gasteiger partial charge in [-0.25, -0.2) is 4.79 Å². The van der Waals surface area contributed by atoms with Gasteiger partial charge < -0.3 is 14.4 Å². The number of anilines is 1. The second-order valence-corrected chi connectivity index (χ2v) is 7.71. The standard InChI is InChI=1S/C21H22ClNO4/c1-13(2)26-19(24)15-7-5-6-14(10-15)12-23-17-11-16(22)8-9-18(17)27-21(3,4)20(23)25/h5-11,13H,12H2,1-4H3. The molecule has 0 spiro atoms. The Morgan fingerprint density at radius 1 is 1.22 bits per heavy atom. The van der Waals surface area contributed by atoms with Gasteiger partial charge in [-0.15, -0.1) is 0 Å². The van der Waals surface area contributed by atoms with Crippen LogP contribution in [-0.4, -0.2) is 23.6 Å². The Balaban J connectivity index is 1.94. The Morgan fingerprint density at radius 3 is 2.67 bits per heavy atom. The Hall–Kier alpha value is -2.53. The molecule has 0 radical (unpaired) electrons. The molecule has 0 atom stereocenters. The molecule has 0 aliphatic carbocycles. The summed E-state index contributed by atoms with van der Waals surface area (Å²) in [5.41, 5.74) is 0.884. The molecule has 0 saturated heterocycles. The highest BCUT2D eigenvalue weighted by Gasteiger charge is 2.41. The normalized spacial score (nSPS) is 15.3. The maximum atomic E-state index is 13.0. The summed E-state index contributed by atoms with van der Waals surface area (Å²) in [7, 11) is 0. The first-order chi connectivity index (χ1) is 12.7. The predicted molar refractivity (Wildman–Crippen MR) is 104 cm³/mol. The van der Waals surface area contributed by atoms with Gasteiger partial charge in [0, 0.05) is 5.02 Å². The topological polar surface area (TPSA) is 55.8 Å². The molecular formula is C21H22ClNO4. The average molecular weight is 388 g/mol. The van der Waals surface area contributed by atoms with Gasteiger partial charge in [0.2, 0.25) is 0 Å². The number of ether oxygens (including phenoxy) is 2. The van der Waals surface area contributed by atoms with Gasteiger partial charge in [-0.1, -0.05) is 23.7 Å². The molecule has 0 aromatic heterocycles. The number of hydrogen-bond donors (Lipinski definition) is 0. The van der Waals surface area contributed by atoms with Gasteiger partial charge >= 0.3 is 5.97 Å². The summed E-state index contributed by atoms with van der Waals surface area (Å²) >= 11 is 6.12. The first kappa shape index (κ1) is 19.2. The van der Waals surface area contributed by atoms with E-state index in [9.17, 15) is 9.59 Å². The fourth-order valence-electron chi connectivity index (χ4n) is 2.96.